The van der Waals surface area contributed by atoms with Crippen molar-refractivity contribution in [3.8, 4) is 5.75 Å². The van der Waals surface area contributed by atoms with Gasteiger partial charge in [-0.1, -0.05) is 0 Å². The maximum Gasteiger partial charge on any atom is 0.339 e. The summed E-state index contributed by atoms with van der Waals surface area (Å²) in [7, 11) is 0. The van der Waals surface area contributed by atoms with Crippen molar-refractivity contribution in [3.63, 3.8) is 0 Å². The first-order chi connectivity index (χ1) is 9.04. The van der Waals surface area contributed by atoms with Gasteiger partial charge in [0.2, 0.25) is 5.91 Å². The molecule has 0 saturated heterocycles. The third kappa shape index (κ3) is 4.97. The number of rotatable bonds is 7. The molecule has 0 bridgehead atoms. The average molecular weight is 267 g/mol. The minimum absolute atomic E-state index is 0.221. The van der Waals surface area contributed by atoms with E-state index >= 15 is 0 Å². The molecule has 0 aliphatic heterocycles. The fraction of sp³-hybridized carbons (Fsp3) is 0.385. The normalized spacial score (nSPS) is 10.2. The summed E-state index contributed by atoms with van der Waals surface area (Å²) in [5.74, 6) is -1.80. The van der Waals surface area contributed by atoms with Gasteiger partial charge in [-0.05, 0) is 31.5 Å². The fourth-order valence-corrected chi connectivity index (χ4v) is 1.49. The van der Waals surface area contributed by atoms with Crippen LogP contribution in [0.4, 0.5) is 5.69 Å². The minimum atomic E-state index is -1.25. The summed E-state index contributed by atoms with van der Waals surface area (Å²) < 4.78 is 5.11. The minimum Gasteiger partial charge on any atom is -0.507 e. The van der Waals surface area contributed by atoms with Crippen LogP contribution < -0.4 is 5.32 Å². The number of ether oxygens (including phenoxy) is 1. The number of carboxylic acid groups (broad SMARTS) is 1. The molecule has 104 valence electrons. The monoisotopic (exact) mass is 267 g/mol. The number of hydrogen-bond donors (Lipinski definition) is 3. The second kappa shape index (κ2) is 7.38. The summed E-state index contributed by atoms with van der Waals surface area (Å²) >= 11 is 0. The molecule has 0 spiro atoms. The van der Waals surface area contributed by atoms with Crippen LogP contribution in [0.15, 0.2) is 18.2 Å². The molecule has 0 atom stereocenters. The zero-order valence-electron chi connectivity index (χ0n) is 10.7. The Labute approximate surface area is 111 Å². The van der Waals surface area contributed by atoms with Gasteiger partial charge >= 0.3 is 5.97 Å². The number of anilines is 1. The number of phenols is 1. The molecule has 6 heteroatoms. The number of aromatic hydroxyl groups is 1. The highest BCUT2D eigenvalue weighted by Crippen LogP contribution is 2.21. The Bertz CT molecular complexity index is 458. The Morgan fingerprint density at radius 1 is 1.37 bits per heavy atom. The summed E-state index contributed by atoms with van der Waals surface area (Å²) in [5, 5.41) is 20.7. The third-order valence-corrected chi connectivity index (χ3v) is 2.41. The molecule has 0 radical (unpaired) electrons. The van der Waals surface area contributed by atoms with E-state index in [4.69, 9.17) is 9.84 Å². The van der Waals surface area contributed by atoms with Gasteiger partial charge < -0.3 is 20.3 Å². The third-order valence-electron chi connectivity index (χ3n) is 2.41. The zero-order chi connectivity index (χ0) is 14.3. The van der Waals surface area contributed by atoms with Crippen molar-refractivity contribution in [2.24, 2.45) is 0 Å². The molecule has 0 aliphatic rings. The fourth-order valence-electron chi connectivity index (χ4n) is 1.49. The molecule has 1 aromatic rings. The van der Waals surface area contributed by atoms with Crippen LogP contribution in [-0.4, -0.2) is 35.3 Å². The van der Waals surface area contributed by atoms with Crippen LogP contribution in [0.25, 0.3) is 0 Å². The van der Waals surface area contributed by atoms with Crippen LogP contribution in [0.5, 0.6) is 5.75 Å². The number of nitrogens with one attached hydrogen (secondary N) is 1. The number of benzene rings is 1. The molecule has 3 N–H and O–H groups in total. The van der Waals surface area contributed by atoms with Gasteiger partial charge in [0.05, 0.1) is 0 Å². The Kier molecular flexibility index (Phi) is 5.81. The molecule has 1 amide bonds. The average Bonchev–Trinajstić information content (AvgIpc) is 2.36. The van der Waals surface area contributed by atoms with Gasteiger partial charge in [-0.3, -0.25) is 4.79 Å². The quantitative estimate of drug-likeness (QED) is 0.517. The van der Waals surface area contributed by atoms with Crippen molar-refractivity contribution >= 4 is 17.6 Å². The van der Waals surface area contributed by atoms with Crippen LogP contribution >= 0.6 is 0 Å². The van der Waals surface area contributed by atoms with Crippen LogP contribution in [0.2, 0.25) is 0 Å². The predicted molar refractivity (Wildman–Crippen MR) is 69.4 cm³/mol. The van der Waals surface area contributed by atoms with Crippen LogP contribution in [0, 0.1) is 0 Å². The molecule has 0 aromatic heterocycles. The lowest BCUT2D eigenvalue weighted by Crippen LogP contribution is -2.12. The van der Waals surface area contributed by atoms with Crippen molar-refractivity contribution in [1.29, 1.82) is 0 Å². The van der Waals surface area contributed by atoms with Gasteiger partial charge in [-0.2, -0.15) is 0 Å². The Hall–Kier alpha value is -2.08. The number of aromatic carboxylic acids is 1. The predicted octanol–water partition coefficient (Wildman–Crippen LogP) is 1.85. The zero-order valence-corrected chi connectivity index (χ0v) is 10.7. The van der Waals surface area contributed by atoms with E-state index in [2.05, 4.69) is 5.32 Å². The Morgan fingerprint density at radius 3 is 2.74 bits per heavy atom. The Balaban J connectivity index is 2.55. The highest BCUT2D eigenvalue weighted by molar-refractivity contribution is 5.95. The van der Waals surface area contributed by atoms with Crippen LogP contribution in [0.1, 0.15) is 30.1 Å². The van der Waals surface area contributed by atoms with Crippen molar-refractivity contribution in [2.45, 2.75) is 19.8 Å². The first kappa shape index (κ1) is 15.0. The molecule has 1 aromatic carbocycles. The van der Waals surface area contributed by atoms with Crippen LogP contribution in [-0.2, 0) is 9.53 Å². The summed E-state index contributed by atoms with van der Waals surface area (Å²) in [4.78, 5) is 22.4. The van der Waals surface area contributed by atoms with E-state index in [-0.39, 0.29) is 17.2 Å². The van der Waals surface area contributed by atoms with Crippen molar-refractivity contribution < 1.29 is 24.5 Å². The van der Waals surface area contributed by atoms with E-state index < -0.39 is 5.97 Å². The van der Waals surface area contributed by atoms with Crippen LogP contribution in [0.3, 0.4) is 0 Å². The molecule has 6 nitrogen and oxygen atoms in total. The van der Waals surface area contributed by atoms with Crippen molar-refractivity contribution in [1.82, 2.24) is 0 Å². The molecule has 0 fully saturated rings. The molecule has 19 heavy (non-hydrogen) atoms. The van der Waals surface area contributed by atoms with Crippen molar-refractivity contribution in [2.75, 3.05) is 18.5 Å². The molecule has 0 aliphatic carbocycles. The number of carbonyl (C=O) groups is 2. The maximum absolute atomic E-state index is 11.6. The summed E-state index contributed by atoms with van der Waals surface area (Å²) in [6.45, 7) is 3.01. The van der Waals surface area contributed by atoms with E-state index in [1.54, 1.807) is 0 Å². The lowest BCUT2D eigenvalue weighted by atomic mass is 10.1. The first-order valence-electron chi connectivity index (χ1n) is 5.98. The van der Waals surface area contributed by atoms with Gasteiger partial charge in [-0.15, -0.1) is 0 Å². The largest absolute Gasteiger partial charge is 0.507 e. The van der Waals surface area contributed by atoms with Gasteiger partial charge in [0.15, 0.2) is 0 Å². The second-order valence-electron chi connectivity index (χ2n) is 3.89. The summed E-state index contributed by atoms with van der Waals surface area (Å²) in [6, 6.07) is 3.90. The van der Waals surface area contributed by atoms with Gasteiger partial charge in [0.25, 0.3) is 0 Å². The highest BCUT2D eigenvalue weighted by Gasteiger charge is 2.11. The molecular weight excluding hydrogens is 250 g/mol. The molecule has 0 unspecified atom stereocenters. The van der Waals surface area contributed by atoms with E-state index in [0.29, 0.717) is 31.7 Å². The number of amides is 1. The number of hydrogen-bond acceptors (Lipinski definition) is 4. The maximum atomic E-state index is 11.6. The van der Waals surface area contributed by atoms with Crippen molar-refractivity contribution in [3.05, 3.63) is 23.8 Å². The molecular formula is C13H17NO5. The second-order valence-corrected chi connectivity index (χ2v) is 3.89. The molecule has 0 heterocycles. The molecule has 0 saturated carbocycles. The van der Waals surface area contributed by atoms with Gasteiger partial charge in [0.1, 0.15) is 11.3 Å². The Morgan fingerprint density at radius 2 is 2.11 bits per heavy atom. The van der Waals surface area contributed by atoms with E-state index in [1.807, 2.05) is 6.92 Å². The number of carboxylic acids is 1. The van der Waals surface area contributed by atoms with E-state index in [9.17, 15) is 14.7 Å². The van der Waals surface area contributed by atoms with E-state index in [0.717, 1.165) is 0 Å². The standard InChI is InChI=1S/C13H17NO5/c1-2-19-7-3-4-12(16)14-9-5-6-11(15)10(8-9)13(17)18/h5-6,8,15H,2-4,7H2,1H3,(H,14,16)(H,17,18). The van der Waals surface area contributed by atoms with E-state index in [1.165, 1.54) is 18.2 Å². The SMILES string of the molecule is CCOCCCC(=O)Nc1ccc(O)c(C(=O)O)c1. The number of carbonyl (C=O) groups excluding carboxylic acids is 1. The first-order valence-corrected chi connectivity index (χ1v) is 5.98. The smallest absolute Gasteiger partial charge is 0.339 e. The topological polar surface area (TPSA) is 95.9 Å². The lowest BCUT2D eigenvalue weighted by molar-refractivity contribution is -0.116. The molecule has 1 rings (SSSR count). The van der Waals surface area contributed by atoms with Gasteiger partial charge in [0, 0.05) is 25.3 Å². The highest BCUT2D eigenvalue weighted by atomic mass is 16.5. The summed E-state index contributed by atoms with van der Waals surface area (Å²) in [6.07, 6.45) is 0.896. The summed E-state index contributed by atoms with van der Waals surface area (Å²) in [5.41, 5.74) is 0.101. The lowest BCUT2D eigenvalue weighted by Gasteiger charge is -2.07. The van der Waals surface area contributed by atoms with Gasteiger partial charge in [-0.25, -0.2) is 4.79 Å².